The van der Waals surface area contributed by atoms with Crippen molar-refractivity contribution in [3.8, 4) is 5.75 Å². The van der Waals surface area contributed by atoms with Gasteiger partial charge in [0.2, 0.25) is 0 Å². The lowest BCUT2D eigenvalue weighted by Gasteiger charge is -2.17. The van der Waals surface area contributed by atoms with Crippen LogP contribution in [0.2, 0.25) is 0 Å². The quantitative estimate of drug-likeness (QED) is 0.897. The standard InChI is InChI=1S/C17H19BrO2/c1-10-5-6-13(9-16(10)20-4)17(19)14-7-12(3)15(18)8-11(14)2/h5-9,17,19H,1-4H3. The van der Waals surface area contributed by atoms with Crippen LogP contribution in [0, 0.1) is 20.8 Å². The van der Waals surface area contributed by atoms with Crippen molar-refractivity contribution in [1.82, 2.24) is 0 Å². The Hall–Kier alpha value is -1.32. The molecule has 1 N–H and O–H groups in total. The van der Waals surface area contributed by atoms with E-state index in [0.717, 1.165) is 38.0 Å². The molecule has 0 saturated heterocycles. The number of rotatable bonds is 3. The van der Waals surface area contributed by atoms with Gasteiger partial charge in [0.05, 0.1) is 7.11 Å². The van der Waals surface area contributed by atoms with Gasteiger partial charge in [-0.2, -0.15) is 0 Å². The molecule has 0 radical (unpaired) electrons. The van der Waals surface area contributed by atoms with Crippen molar-refractivity contribution in [1.29, 1.82) is 0 Å². The van der Waals surface area contributed by atoms with Gasteiger partial charge in [0.15, 0.2) is 0 Å². The molecule has 2 rings (SSSR count). The predicted octanol–water partition coefficient (Wildman–Crippen LogP) is 4.46. The molecule has 0 amide bonds. The Balaban J connectivity index is 2.46. The Morgan fingerprint density at radius 3 is 2.35 bits per heavy atom. The highest BCUT2D eigenvalue weighted by atomic mass is 79.9. The molecular formula is C17H19BrO2. The Kier molecular flexibility index (Phi) is 4.51. The van der Waals surface area contributed by atoms with Crippen molar-refractivity contribution in [3.63, 3.8) is 0 Å². The third-order valence-electron chi connectivity index (χ3n) is 3.59. The van der Waals surface area contributed by atoms with Crippen LogP contribution in [0.15, 0.2) is 34.8 Å². The zero-order valence-electron chi connectivity index (χ0n) is 12.2. The number of aliphatic hydroxyl groups is 1. The summed E-state index contributed by atoms with van der Waals surface area (Å²) in [6, 6.07) is 9.88. The van der Waals surface area contributed by atoms with Crippen LogP contribution in [-0.2, 0) is 0 Å². The van der Waals surface area contributed by atoms with E-state index in [2.05, 4.69) is 15.9 Å². The largest absolute Gasteiger partial charge is 0.496 e. The summed E-state index contributed by atoms with van der Waals surface area (Å²) in [4.78, 5) is 0. The predicted molar refractivity (Wildman–Crippen MR) is 85.4 cm³/mol. The molecule has 0 fully saturated rings. The monoisotopic (exact) mass is 334 g/mol. The van der Waals surface area contributed by atoms with E-state index >= 15 is 0 Å². The van der Waals surface area contributed by atoms with Crippen molar-refractivity contribution < 1.29 is 9.84 Å². The second kappa shape index (κ2) is 5.98. The summed E-state index contributed by atoms with van der Waals surface area (Å²) in [6.45, 7) is 6.02. The first-order chi connectivity index (χ1) is 9.43. The van der Waals surface area contributed by atoms with Crippen LogP contribution in [0.3, 0.4) is 0 Å². The highest BCUT2D eigenvalue weighted by Crippen LogP contribution is 2.31. The molecule has 2 nitrogen and oxygen atoms in total. The van der Waals surface area contributed by atoms with Gasteiger partial charge < -0.3 is 9.84 Å². The fourth-order valence-corrected chi connectivity index (χ4v) is 2.74. The summed E-state index contributed by atoms with van der Waals surface area (Å²) in [5, 5.41) is 10.6. The van der Waals surface area contributed by atoms with E-state index in [9.17, 15) is 5.11 Å². The molecule has 3 heteroatoms. The van der Waals surface area contributed by atoms with Crippen LogP contribution >= 0.6 is 15.9 Å². The second-order valence-electron chi connectivity index (χ2n) is 5.09. The molecule has 0 saturated carbocycles. The molecule has 2 aromatic carbocycles. The summed E-state index contributed by atoms with van der Waals surface area (Å²) in [6.07, 6.45) is -0.642. The number of aliphatic hydroxyl groups excluding tert-OH is 1. The van der Waals surface area contributed by atoms with E-state index in [1.165, 1.54) is 0 Å². The van der Waals surface area contributed by atoms with Crippen molar-refractivity contribution >= 4 is 15.9 Å². The van der Waals surface area contributed by atoms with Crippen molar-refractivity contribution in [3.05, 3.63) is 62.6 Å². The van der Waals surface area contributed by atoms with Gasteiger partial charge in [-0.3, -0.25) is 0 Å². The minimum atomic E-state index is -0.642. The van der Waals surface area contributed by atoms with Gasteiger partial charge in [-0.25, -0.2) is 0 Å². The molecule has 0 bridgehead atoms. The third kappa shape index (κ3) is 2.89. The molecule has 106 valence electrons. The number of hydrogen-bond acceptors (Lipinski definition) is 2. The van der Waals surface area contributed by atoms with Gasteiger partial charge in [-0.1, -0.05) is 34.1 Å². The maximum absolute atomic E-state index is 10.6. The van der Waals surface area contributed by atoms with E-state index < -0.39 is 6.10 Å². The Morgan fingerprint density at radius 1 is 1.00 bits per heavy atom. The fourth-order valence-electron chi connectivity index (χ4n) is 2.28. The molecule has 0 aliphatic carbocycles. The average molecular weight is 335 g/mol. The van der Waals surface area contributed by atoms with Crippen LogP contribution in [0.4, 0.5) is 0 Å². The molecule has 1 unspecified atom stereocenters. The van der Waals surface area contributed by atoms with E-state index in [0.29, 0.717) is 0 Å². The van der Waals surface area contributed by atoms with Gasteiger partial charge in [0, 0.05) is 4.47 Å². The van der Waals surface area contributed by atoms with Crippen LogP contribution < -0.4 is 4.74 Å². The number of hydrogen-bond donors (Lipinski definition) is 1. The average Bonchev–Trinajstić information content (AvgIpc) is 2.42. The van der Waals surface area contributed by atoms with Gasteiger partial charge in [0.1, 0.15) is 11.9 Å². The maximum atomic E-state index is 10.6. The van der Waals surface area contributed by atoms with Gasteiger partial charge >= 0.3 is 0 Å². The van der Waals surface area contributed by atoms with Crippen LogP contribution in [0.5, 0.6) is 5.75 Å². The normalized spacial score (nSPS) is 12.3. The highest BCUT2D eigenvalue weighted by Gasteiger charge is 2.15. The van der Waals surface area contributed by atoms with E-state index in [1.54, 1.807) is 7.11 Å². The smallest absolute Gasteiger partial charge is 0.122 e. The van der Waals surface area contributed by atoms with Gasteiger partial charge in [0.25, 0.3) is 0 Å². The molecule has 0 aliphatic heterocycles. The molecular weight excluding hydrogens is 316 g/mol. The third-order valence-corrected chi connectivity index (χ3v) is 4.44. The van der Waals surface area contributed by atoms with E-state index in [4.69, 9.17) is 4.74 Å². The number of methoxy groups -OCH3 is 1. The first-order valence-corrected chi connectivity index (χ1v) is 7.32. The zero-order chi connectivity index (χ0) is 14.9. The maximum Gasteiger partial charge on any atom is 0.122 e. The molecule has 2 aromatic rings. The minimum absolute atomic E-state index is 0.642. The second-order valence-corrected chi connectivity index (χ2v) is 5.94. The molecule has 20 heavy (non-hydrogen) atoms. The summed E-state index contributed by atoms with van der Waals surface area (Å²) < 4.78 is 6.39. The van der Waals surface area contributed by atoms with Crippen molar-refractivity contribution in [2.75, 3.05) is 7.11 Å². The SMILES string of the molecule is COc1cc(C(O)c2cc(C)c(Br)cc2C)ccc1C. The van der Waals surface area contributed by atoms with E-state index in [-0.39, 0.29) is 0 Å². The lowest BCUT2D eigenvalue weighted by Crippen LogP contribution is -2.03. The molecule has 0 aliphatic rings. The summed E-state index contributed by atoms with van der Waals surface area (Å²) in [5.41, 5.74) is 5.01. The van der Waals surface area contributed by atoms with Crippen LogP contribution in [0.25, 0.3) is 0 Å². The molecule has 0 heterocycles. The Labute approximate surface area is 128 Å². The minimum Gasteiger partial charge on any atom is -0.496 e. The molecule has 0 spiro atoms. The topological polar surface area (TPSA) is 29.5 Å². The fraction of sp³-hybridized carbons (Fsp3) is 0.294. The van der Waals surface area contributed by atoms with Gasteiger partial charge in [-0.15, -0.1) is 0 Å². The summed E-state index contributed by atoms with van der Waals surface area (Å²) in [7, 11) is 1.65. The first-order valence-electron chi connectivity index (χ1n) is 6.53. The lowest BCUT2D eigenvalue weighted by molar-refractivity contribution is 0.219. The highest BCUT2D eigenvalue weighted by molar-refractivity contribution is 9.10. The molecule has 1 atom stereocenters. The van der Waals surface area contributed by atoms with Crippen molar-refractivity contribution in [2.45, 2.75) is 26.9 Å². The first kappa shape index (κ1) is 15.1. The van der Waals surface area contributed by atoms with Crippen LogP contribution in [-0.4, -0.2) is 12.2 Å². The zero-order valence-corrected chi connectivity index (χ0v) is 13.8. The number of halogens is 1. The molecule has 0 aromatic heterocycles. The summed E-state index contributed by atoms with van der Waals surface area (Å²) in [5.74, 6) is 0.799. The Bertz CT molecular complexity index is 635. The van der Waals surface area contributed by atoms with Crippen molar-refractivity contribution in [2.24, 2.45) is 0 Å². The number of aryl methyl sites for hydroxylation is 3. The lowest BCUT2D eigenvalue weighted by atomic mass is 9.95. The number of benzene rings is 2. The number of ether oxygens (including phenoxy) is 1. The van der Waals surface area contributed by atoms with Gasteiger partial charge in [-0.05, 0) is 60.7 Å². The van der Waals surface area contributed by atoms with E-state index in [1.807, 2.05) is 51.1 Å². The summed E-state index contributed by atoms with van der Waals surface area (Å²) >= 11 is 3.52. The van der Waals surface area contributed by atoms with Crippen LogP contribution in [0.1, 0.15) is 33.9 Å². The Morgan fingerprint density at radius 2 is 1.70 bits per heavy atom.